The van der Waals surface area contributed by atoms with Gasteiger partial charge in [0, 0.05) is 66.0 Å². The second kappa shape index (κ2) is 19.9. The molecule has 4 bridgehead atoms. The third-order valence-corrected chi connectivity index (χ3v) is 7.24. The fourth-order valence-electron chi connectivity index (χ4n) is 4.58. The van der Waals surface area contributed by atoms with Crippen LogP contribution in [-0.4, -0.2) is 148 Å². The molecule has 0 atom stereocenters. The van der Waals surface area contributed by atoms with E-state index in [0.29, 0.717) is 52.7 Å². The lowest BCUT2D eigenvalue weighted by molar-refractivity contribution is 0.0196. The number of aromatic hydroxyl groups is 4. The van der Waals surface area contributed by atoms with Crippen molar-refractivity contribution in [2.45, 2.75) is 0 Å². The summed E-state index contributed by atoms with van der Waals surface area (Å²) in [6.45, 7) is 4.01. The van der Waals surface area contributed by atoms with Gasteiger partial charge in [-0.1, -0.05) is 0 Å². The highest BCUT2D eigenvalue weighted by atomic mass is 16.5. The first kappa shape index (κ1) is 37.8. The van der Waals surface area contributed by atoms with Crippen molar-refractivity contribution in [3.8, 4) is 23.0 Å². The van der Waals surface area contributed by atoms with Crippen LogP contribution in [0.2, 0.25) is 0 Å². The number of nitrogens with zero attached hydrogens (tertiary/aromatic N) is 1. The zero-order chi connectivity index (χ0) is 34.9. The molecule has 0 aliphatic carbocycles. The number of rotatable bonds is 9. The molecule has 0 unspecified atom stereocenters. The molecule has 9 N–H and O–H groups in total. The maximum absolute atomic E-state index is 12.8. The Hall–Kier alpha value is -4.68. The van der Waals surface area contributed by atoms with Gasteiger partial charge in [-0.05, 0) is 24.3 Å². The predicted molar refractivity (Wildman–Crippen MR) is 172 cm³/mol. The van der Waals surface area contributed by atoms with Crippen molar-refractivity contribution < 1.29 is 53.8 Å². The zero-order valence-corrected chi connectivity index (χ0v) is 26.8. The molecule has 4 heterocycles. The molecule has 4 amide bonds. The molecule has 0 saturated carbocycles. The Balaban J connectivity index is 1.71. The Morgan fingerprint density at radius 2 is 0.896 bits per heavy atom. The number of carbonyl (C=O) groups is 4. The molecule has 0 saturated heterocycles. The maximum atomic E-state index is 12.8. The van der Waals surface area contributed by atoms with Crippen molar-refractivity contribution in [2.24, 2.45) is 0 Å². The van der Waals surface area contributed by atoms with Crippen molar-refractivity contribution in [1.29, 1.82) is 0 Å². The highest BCUT2D eigenvalue weighted by Gasteiger charge is 2.23. The van der Waals surface area contributed by atoms with Crippen molar-refractivity contribution in [3.05, 3.63) is 46.5 Å². The van der Waals surface area contributed by atoms with Crippen molar-refractivity contribution in [2.75, 3.05) is 99.0 Å². The van der Waals surface area contributed by atoms with Gasteiger partial charge in [0.2, 0.25) is 0 Å². The second-order valence-electron chi connectivity index (χ2n) is 10.5. The van der Waals surface area contributed by atoms with E-state index < -0.39 is 46.6 Å². The molecule has 2 aromatic carbocycles. The summed E-state index contributed by atoms with van der Waals surface area (Å²) >= 11 is 0. The minimum absolute atomic E-state index is 0.112. The van der Waals surface area contributed by atoms with Crippen LogP contribution in [0.3, 0.4) is 0 Å². The molecule has 4 aliphatic heterocycles. The number of methoxy groups -OCH3 is 1. The van der Waals surface area contributed by atoms with Gasteiger partial charge in [0.05, 0.1) is 55.3 Å². The molecule has 6 rings (SSSR count). The average molecular weight is 677 g/mol. The highest BCUT2D eigenvalue weighted by molar-refractivity contribution is 6.03. The SMILES string of the molecule is COCCOCCOCCN1CCNC(=O)c2ccc(c(O)c2O)C(=O)NCCNCCNC(=O)c2ccc(c(O)c2O)C(=O)NCC1. The summed E-state index contributed by atoms with van der Waals surface area (Å²) < 4.78 is 15.9. The maximum Gasteiger partial charge on any atom is 0.255 e. The summed E-state index contributed by atoms with van der Waals surface area (Å²) in [4.78, 5) is 52.7. The van der Waals surface area contributed by atoms with Crippen LogP contribution in [-0.2, 0) is 14.2 Å². The number of phenols is 4. The van der Waals surface area contributed by atoms with Crippen molar-refractivity contribution in [1.82, 2.24) is 31.5 Å². The van der Waals surface area contributed by atoms with E-state index in [-0.39, 0.29) is 61.5 Å². The quantitative estimate of drug-likeness (QED) is 0.111. The van der Waals surface area contributed by atoms with Crippen molar-refractivity contribution >= 4 is 23.6 Å². The van der Waals surface area contributed by atoms with Gasteiger partial charge in [-0.2, -0.15) is 0 Å². The Morgan fingerprint density at radius 3 is 1.29 bits per heavy atom. The first-order valence-electron chi connectivity index (χ1n) is 15.5. The zero-order valence-electron chi connectivity index (χ0n) is 26.8. The third kappa shape index (κ3) is 11.2. The largest absolute Gasteiger partial charge is 0.504 e. The Bertz CT molecular complexity index is 1310. The first-order chi connectivity index (χ1) is 23.1. The van der Waals surface area contributed by atoms with E-state index >= 15 is 0 Å². The standard InChI is InChI=1S/C31H44N6O11/c1-46-16-17-48-19-18-47-15-14-37-12-10-35-30(44)22-4-2-20(24(38)26(22)40)28(42)33-8-6-32-7-9-34-29(43)21-3-5-23(27(41)25(21)39)31(45)36-11-13-37/h2-5,32,38-41H,6-19H2,1H3,(H,33,42)(H,34,43)(H,35,44)(H,36,45). The van der Waals surface area contributed by atoms with Gasteiger partial charge < -0.3 is 61.2 Å². The summed E-state index contributed by atoms with van der Waals surface area (Å²) in [7, 11) is 1.58. The average Bonchev–Trinajstić information content (AvgIpc) is 3.06. The number of nitrogens with one attached hydrogen (secondary N) is 5. The lowest BCUT2D eigenvalue weighted by Crippen LogP contribution is -2.41. The van der Waals surface area contributed by atoms with E-state index in [2.05, 4.69) is 26.6 Å². The van der Waals surface area contributed by atoms with Gasteiger partial charge in [0.15, 0.2) is 23.0 Å². The molecule has 17 heteroatoms. The smallest absolute Gasteiger partial charge is 0.255 e. The lowest BCUT2D eigenvalue weighted by atomic mass is 10.1. The number of amides is 4. The number of hydrogen-bond donors (Lipinski definition) is 9. The van der Waals surface area contributed by atoms with E-state index in [1.54, 1.807) is 7.11 Å². The third-order valence-electron chi connectivity index (χ3n) is 7.24. The molecule has 0 aromatic heterocycles. The Labute approximate surface area is 277 Å². The number of ether oxygens (including phenoxy) is 3. The normalized spacial score (nSPS) is 16.3. The molecule has 0 spiro atoms. The van der Waals surface area contributed by atoms with Crippen LogP contribution in [0, 0.1) is 0 Å². The Morgan fingerprint density at radius 1 is 0.542 bits per heavy atom. The molecule has 17 nitrogen and oxygen atoms in total. The van der Waals surface area contributed by atoms with Gasteiger partial charge in [-0.25, -0.2) is 0 Å². The second-order valence-corrected chi connectivity index (χ2v) is 10.5. The molecular formula is C31H44N6O11. The number of hydrogen-bond acceptors (Lipinski definition) is 13. The highest BCUT2D eigenvalue weighted by Crippen LogP contribution is 2.33. The molecular weight excluding hydrogens is 632 g/mol. The summed E-state index contributed by atoms with van der Waals surface area (Å²) in [5, 5.41) is 55.3. The summed E-state index contributed by atoms with van der Waals surface area (Å²) in [5.41, 5.74) is -0.883. The molecule has 0 radical (unpaired) electrons. The summed E-state index contributed by atoms with van der Waals surface area (Å²) in [6.07, 6.45) is 0. The molecule has 48 heavy (non-hydrogen) atoms. The predicted octanol–water partition coefficient (Wildman–Crippen LogP) is -1.29. The van der Waals surface area contributed by atoms with E-state index in [0.717, 1.165) is 0 Å². The molecule has 2 aromatic rings. The lowest BCUT2D eigenvalue weighted by Gasteiger charge is -2.23. The van der Waals surface area contributed by atoms with E-state index in [1.165, 1.54) is 24.3 Å². The van der Waals surface area contributed by atoms with E-state index in [1.807, 2.05) is 4.90 Å². The first-order valence-corrected chi connectivity index (χ1v) is 15.5. The van der Waals surface area contributed by atoms with Crippen LogP contribution in [0.25, 0.3) is 0 Å². The monoisotopic (exact) mass is 676 g/mol. The number of benzene rings is 2. The number of carbonyl (C=O) groups excluding carboxylic acids is 4. The molecule has 0 fully saturated rings. The van der Waals surface area contributed by atoms with E-state index in [4.69, 9.17) is 14.2 Å². The van der Waals surface area contributed by atoms with Crippen LogP contribution >= 0.6 is 0 Å². The van der Waals surface area contributed by atoms with Crippen LogP contribution in [0.1, 0.15) is 41.4 Å². The Kier molecular flexibility index (Phi) is 15.6. The van der Waals surface area contributed by atoms with Gasteiger partial charge in [-0.3, -0.25) is 24.1 Å². The number of phenolic OH excluding ortho intramolecular Hbond substituents is 4. The van der Waals surface area contributed by atoms with Gasteiger partial charge in [-0.15, -0.1) is 0 Å². The molecule has 4 aliphatic rings. The van der Waals surface area contributed by atoms with Gasteiger partial charge in [0.1, 0.15) is 0 Å². The van der Waals surface area contributed by atoms with Crippen molar-refractivity contribution in [3.63, 3.8) is 0 Å². The minimum atomic E-state index is -0.738. The summed E-state index contributed by atoms with van der Waals surface area (Å²) in [5.74, 6) is -5.64. The van der Waals surface area contributed by atoms with Crippen LogP contribution in [0.4, 0.5) is 0 Å². The van der Waals surface area contributed by atoms with Crippen LogP contribution < -0.4 is 26.6 Å². The molecule has 264 valence electrons. The topological polar surface area (TPSA) is 240 Å². The fourth-order valence-corrected chi connectivity index (χ4v) is 4.58. The van der Waals surface area contributed by atoms with Gasteiger partial charge in [0.25, 0.3) is 23.6 Å². The van der Waals surface area contributed by atoms with Crippen LogP contribution in [0.5, 0.6) is 23.0 Å². The minimum Gasteiger partial charge on any atom is -0.504 e. The fraction of sp³-hybridized carbons (Fsp3) is 0.484. The summed E-state index contributed by atoms with van der Waals surface area (Å²) in [6, 6.07) is 4.94. The van der Waals surface area contributed by atoms with Crippen LogP contribution in [0.15, 0.2) is 24.3 Å². The van der Waals surface area contributed by atoms with Gasteiger partial charge >= 0.3 is 0 Å². The van der Waals surface area contributed by atoms with E-state index in [9.17, 15) is 39.6 Å².